The summed E-state index contributed by atoms with van der Waals surface area (Å²) >= 11 is 0. The van der Waals surface area contributed by atoms with Crippen LogP contribution in [0.25, 0.3) is 11.0 Å². The van der Waals surface area contributed by atoms with E-state index in [-0.39, 0.29) is 16.9 Å². The number of nitrogens with one attached hydrogen (secondary N) is 2. The van der Waals surface area contributed by atoms with Crippen molar-refractivity contribution >= 4 is 16.9 Å². The number of hydrogen-bond acceptors (Lipinski definition) is 2. The first kappa shape index (κ1) is 14.6. The van der Waals surface area contributed by atoms with Crippen LogP contribution in [-0.2, 0) is 0 Å². The Kier molecular flexibility index (Phi) is 3.59. The average Bonchev–Trinajstić information content (AvgIpc) is 2.68. The number of H-pyrrole nitrogens is 1. The molecule has 2 N–H and O–H groups in total. The maximum absolute atomic E-state index is 12.3. The van der Waals surface area contributed by atoms with Gasteiger partial charge in [0.1, 0.15) is 5.69 Å². The molecule has 0 unspecified atom stereocenters. The number of pyridine rings is 1. The Morgan fingerprint density at radius 1 is 1.30 bits per heavy atom. The van der Waals surface area contributed by atoms with E-state index in [0.29, 0.717) is 5.69 Å². The number of rotatable bonds is 3. The summed E-state index contributed by atoms with van der Waals surface area (Å²) < 4.78 is 0. The molecule has 4 heteroatoms. The van der Waals surface area contributed by atoms with Crippen molar-refractivity contribution < 1.29 is 4.79 Å². The van der Waals surface area contributed by atoms with Gasteiger partial charge in [-0.3, -0.25) is 9.78 Å². The number of fused-ring (bicyclic) bond motifs is 1. The van der Waals surface area contributed by atoms with Crippen LogP contribution in [0.2, 0.25) is 0 Å². The Morgan fingerprint density at radius 2 is 2.00 bits per heavy atom. The highest BCUT2D eigenvalue weighted by molar-refractivity contribution is 5.97. The summed E-state index contributed by atoms with van der Waals surface area (Å²) in [5, 5.41) is 3.09. The summed E-state index contributed by atoms with van der Waals surface area (Å²) in [7, 11) is 0. The van der Waals surface area contributed by atoms with Crippen molar-refractivity contribution in [2.75, 3.05) is 0 Å². The highest BCUT2D eigenvalue weighted by atomic mass is 16.2. The minimum Gasteiger partial charge on any atom is -0.349 e. The van der Waals surface area contributed by atoms with Crippen LogP contribution in [0.5, 0.6) is 0 Å². The van der Waals surface area contributed by atoms with Gasteiger partial charge in [0.25, 0.3) is 5.91 Å². The summed E-state index contributed by atoms with van der Waals surface area (Å²) in [5.74, 6) is -0.0859. The zero-order valence-corrected chi connectivity index (χ0v) is 12.9. The second kappa shape index (κ2) is 4.93. The summed E-state index contributed by atoms with van der Waals surface area (Å²) in [5.41, 5.74) is 2.16. The summed E-state index contributed by atoms with van der Waals surface area (Å²) in [4.78, 5) is 19.7. The molecule has 0 bridgehead atoms. The Balaban J connectivity index is 2.15. The zero-order chi connectivity index (χ0) is 15.0. The van der Waals surface area contributed by atoms with Gasteiger partial charge < -0.3 is 10.3 Å². The van der Waals surface area contributed by atoms with Gasteiger partial charge in [-0.1, -0.05) is 20.8 Å². The minimum absolute atomic E-state index is 0.0859. The quantitative estimate of drug-likeness (QED) is 0.899. The smallest absolute Gasteiger partial charge is 0.268 e. The normalized spacial score (nSPS) is 12.7. The molecule has 0 aliphatic heterocycles. The van der Waals surface area contributed by atoms with E-state index in [0.717, 1.165) is 17.5 Å². The monoisotopic (exact) mass is 273 g/mol. The van der Waals surface area contributed by atoms with E-state index in [1.807, 2.05) is 12.1 Å². The number of carbonyl (C=O) groups excluding carboxylic acids is 1. The Labute approximate surface area is 120 Å². The van der Waals surface area contributed by atoms with Crippen molar-refractivity contribution in [2.24, 2.45) is 5.41 Å². The van der Waals surface area contributed by atoms with Gasteiger partial charge >= 0.3 is 0 Å². The van der Waals surface area contributed by atoms with Gasteiger partial charge in [-0.2, -0.15) is 0 Å². The molecule has 2 aromatic heterocycles. The van der Waals surface area contributed by atoms with Crippen LogP contribution in [0.3, 0.4) is 0 Å². The number of nitrogens with zero attached hydrogens (tertiary/aromatic N) is 1. The highest BCUT2D eigenvalue weighted by Crippen LogP contribution is 2.27. The van der Waals surface area contributed by atoms with Crippen LogP contribution in [0.15, 0.2) is 24.4 Å². The lowest BCUT2D eigenvalue weighted by atomic mass is 9.82. The fourth-order valence-electron chi connectivity index (χ4n) is 2.82. The molecule has 2 rings (SSSR count). The van der Waals surface area contributed by atoms with Crippen LogP contribution in [0.1, 0.15) is 51.5 Å². The first-order chi connectivity index (χ1) is 9.16. The zero-order valence-electron chi connectivity index (χ0n) is 12.9. The van der Waals surface area contributed by atoms with Gasteiger partial charge in [-0.25, -0.2) is 0 Å². The third kappa shape index (κ3) is 3.59. The lowest BCUT2D eigenvalue weighted by molar-refractivity contribution is 0.0887. The molecule has 0 radical (unpaired) electrons. The van der Waals surface area contributed by atoms with E-state index in [2.05, 4.69) is 49.9 Å². The number of aromatic nitrogens is 2. The molecule has 0 atom stereocenters. The predicted octanol–water partition coefficient (Wildman–Crippen LogP) is 3.51. The molecule has 4 nitrogen and oxygen atoms in total. The van der Waals surface area contributed by atoms with E-state index >= 15 is 0 Å². The second-order valence-corrected chi connectivity index (χ2v) is 7.19. The molecule has 2 aromatic rings. The lowest BCUT2D eigenvalue weighted by Gasteiger charge is -2.33. The van der Waals surface area contributed by atoms with Crippen molar-refractivity contribution in [2.45, 2.75) is 46.6 Å². The van der Waals surface area contributed by atoms with Crippen molar-refractivity contribution in [1.82, 2.24) is 15.3 Å². The third-order valence-corrected chi connectivity index (χ3v) is 3.06. The average molecular weight is 273 g/mol. The second-order valence-electron chi connectivity index (χ2n) is 7.19. The van der Waals surface area contributed by atoms with Gasteiger partial charge in [0.05, 0.1) is 11.0 Å². The first-order valence-electron chi connectivity index (χ1n) is 6.93. The molecule has 0 aliphatic rings. The molecular formula is C16H23N3O. The van der Waals surface area contributed by atoms with Crippen molar-refractivity contribution in [3.05, 3.63) is 30.1 Å². The number of amides is 1. The molecule has 0 fully saturated rings. The number of hydrogen-bond donors (Lipinski definition) is 2. The number of carbonyl (C=O) groups is 1. The van der Waals surface area contributed by atoms with Gasteiger partial charge in [-0.15, -0.1) is 0 Å². The largest absolute Gasteiger partial charge is 0.349 e. The molecule has 0 spiro atoms. The molecule has 0 saturated heterocycles. The molecule has 0 aliphatic carbocycles. The minimum atomic E-state index is -0.250. The van der Waals surface area contributed by atoms with Crippen LogP contribution >= 0.6 is 0 Å². The topological polar surface area (TPSA) is 57.8 Å². The number of aromatic amines is 1. The summed E-state index contributed by atoms with van der Waals surface area (Å²) in [6.45, 7) is 10.6. The van der Waals surface area contributed by atoms with Crippen molar-refractivity contribution in [3.63, 3.8) is 0 Å². The predicted molar refractivity (Wildman–Crippen MR) is 81.7 cm³/mol. The maximum atomic E-state index is 12.3. The summed E-state index contributed by atoms with van der Waals surface area (Å²) in [6, 6.07) is 5.56. The molecule has 0 aromatic carbocycles. The fourth-order valence-corrected chi connectivity index (χ4v) is 2.82. The van der Waals surface area contributed by atoms with Crippen LogP contribution < -0.4 is 5.32 Å². The standard InChI is InChI=1S/C16H23N3O/c1-15(2,3)10-16(4,5)19-14(20)13-9-12-11(18-13)7-6-8-17-12/h6-9,18H,10H2,1-5H3,(H,19,20). The van der Waals surface area contributed by atoms with E-state index in [1.165, 1.54) is 0 Å². The first-order valence-corrected chi connectivity index (χ1v) is 6.93. The van der Waals surface area contributed by atoms with E-state index < -0.39 is 0 Å². The fraction of sp³-hybridized carbons (Fsp3) is 0.500. The molecule has 0 saturated carbocycles. The van der Waals surface area contributed by atoms with E-state index in [1.54, 1.807) is 12.3 Å². The molecular weight excluding hydrogens is 250 g/mol. The summed E-state index contributed by atoms with van der Waals surface area (Å²) in [6.07, 6.45) is 2.63. The van der Waals surface area contributed by atoms with Gasteiger partial charge in [0.2, 0.25) is 0 Å². The van der Waals surface area contributed by atoms with Crippen molar-refractivity contribution in [3.8, 4) is 0 Å². The molecule has 1 amide bonds. The lowest BCUT2D eigenvalue weighted by Crippen LogP contribution is -2.45. The molecule has 108 valence electrons. The van der Waals surface area contributed by atoms with Crippen molar-refractivity contribution in [1.29, 1.82) is 0 Å². The van der Waals surface area contributed by atoms with Crippen LogP contribution in [0, 0.1) is 5.41 Å². The van der Waals surface area contributed by atoms with Gasteiger partial charge in [0.15, 0.2) is 0 Å². The van der Waals surface area contributed by atoms with Crippen LogP contribution in [0.4, 0.5) is 0 Å². The van der Waals surface area contributed by atoms with E-state index in [4.69, 9.17) is 0 Å². The van der Waals surface area contributed by atoms with E-state index in [9.17, 15) is 4.79 Å². The van der Waals surface area contributed by atoms with Crippen LogP contribution in [-0.4, -0.2) is 21.4 Å². The Morgan fingerprint density at radius 3 is 2.60 bits per heavy atom. The Hall–Kier alpha value is -1.84. The SMILES string of the molecule is CC(C)(C)CC(C)(C)NC(=O)c1cc2ncccc2[nH]1. The van der Waals surface area contributed by atoms with Gasteiger partial charge in [0, 0.05) is 11.7 Å². The molecule has 2 heterocycles. The highest BCUT2D eigenvalue weighted by Gasteiger charge is 2.27. The molecule has 20 heavy (non-hydrogen) atoms. The van der Waals surface area contributed by atoms with Gasteiger partial charge in [-0.05, 0) is 43.9 Å². The Bertz CT molecular complexity index is 587. The maximum Gasteiger partial charge on any atom is 0.268 e. The third-order valence-electron chi connectivity index (χ3n) is 3.06.